The minimum Gasteiger partial charge on any atom is -0.465 e. The molecule has 0 heterocycles. The summed E-state index contributed by atoms with van der Waals surface area (Å²) in [7, 11) is -4.03. The number of non-ortho nitro benzene ring substituents is 1. The number of alkyl halides is 1. The van der Waals surface area contributed by atoms with Gasteiger partial charge in [-0.05, 0) is 25.0 Å². The Hall–Kier alpha value is -1.71. The fourth-order valence-electron chi connectivity index (χ4n) is 1.75. The standard InChI is InChI=1S/C14H19ClN2O6S/c1-2-3-10-23-14(18)13(8-9-15)16-24(21,22)12-6-4-11(5-7-12)17(19)20/h4-7,13,16H,2-3,8-10H2,1H3/t13-/m1/s1. The summed E-state index contributed by atoms with van der Waals surface area (Å²) in [6, 6.07) is 3.23. The van der Waals surface area contributed by atoms with Crippen LogP contribution in [-0.4, -0.2) is 37.8 Å². The van der Waals surface area contributed by atoms with Crippen LogP contribution in [0.1, 0.15) is 26.2 Å². The number of nitrogens with one attached hydrogen (secondary N) is 1. The molecule has 24 heavy (non-hydrogen) atoms. The van der Waals surface area contributed by atoms with E-state index in [0.717, 1.165) is 30.7 Å². The number of ether oxygens (including phenoxy) is 1. The molecule has 0 saturated carbocycles. The number of halogens is 1. The van der Waals surface area contributed by atoms with Crippen molar-refractivity contribution in [2.24, 2.45) is 0 Å². The molecule has 1 aromatic rings. The molecule has 0 spiro atoms. The lowest BCUT2D eigenvalue weighted by Crippen LogP contribution is -2.42. The molecule has 134 valence electrons. The van der Waals surface area contributed by atoms with Gasteiger partial charge in [-0.15, -0.1) is 11.6 Å². The van der Waals surface area contributed by atoms with E-state index in [1.807, 2.05) is 6.92 Å². The highest BCUT2D eigenvalue weighted by Crippen LogP contribution is 2.16. The smallest absolute Gasteiger partial charge is 0.324 e. The summed E-state index contributed by atoms with van der Waals surface area (Å²) in [5.41, 5.74) is -0.231. The Morgan fingerprint density at radius 1 is 1.38 bits per heavy atom. The van der Waals surface area contributed by atoms with E-state index in [4.69, 9.17) is 16.3 Å². The van der Waals surface area contributed by atoms with Gasteiger partial charge in [-0.25, -0.2) is 8.42 Å². The lowest BCUT2D eigenvalue weighted by Gasteiger charge is -2.16. The van der Waals surface area contributed by atoms with Crippen LogP contribution in [0, 0.1) is 10.1 Å². The number of nitro groups is 1. The van der Waals surface area contributed by atoms with E-state index in [1.54, 1.807) is 0 Å². The number of carbonyl (C=O) groups excluding carboxylic acids is 1. The minimum atomic E-state index is -4.03. The summed E-state index contributed by atoms with van der Waals surface area (Å²) in [6.07, 6.45) is 1.58. The topological polar surface area (TPSA) is 116 Å². The van der Waals surface area contributed by atoms with E-state index >= 15 is 0 Å². The predicted molar refractivity (Wildman–Crippen MR) is 88.4 cm³/mol. The quantitative estimate of drug-likeness (QED) is 0.219. The minimum absolute atomic E-state index is 0.0658. The molecule has 0 fully saturated rings. The first-order chi connectivity index (χ1) is 11.3. The zero-order valence-corrected chi connectivity index (χ0v) is 14.7. The van der Waals surface area contributed by atoms with E-state index in [9.17, 15) is 23.3 Å². The Balaban J connectivity index is 2.86. The second-order valence-corrected chi connectivity index (χ2v) is 7.02. The van der Waals surface area contributed by atoms with Crippen molar-refractivity contribution in [3.8, 4) is 0 Å². The molecular formula is C14H19ClN2O6S. The van der Waals surface area contributed by atoms with Gasteiger partial charge in [0.25, 0.3) is 5.69 Å². The zero-order valence-electron chi connectivity index (χ0n) is 13.1. The highest BCUT2D eigenvalue weighted by molar-refractivity contribution is 7.89. The van der Waals surface area contributed by atoms with Crippen molar-refractivity contribution < 1.29 is 22.9 Å². The van der Waals surface area contributed by atoms with Gasteiger partial charge in [0, 0.05) is 18.0 Å². The molecule has 0 aliphatic rings. The molecule has 0 aliphatic carbocycles. The third-order valence-corrected chi connectivity index (χ3v) is 4.79. The van der Waals surface area contributed by atoms with E-state index in [-0.39, 0.29) is 29.5 Å². The summed E-state index contributed by atoms with van der Waals surface area (Å²) in [5, 5.41) is 10.6. The number of sulfonamides is 1. The number of hydrogen-bond acceptors (Lipinski definition) is 6. The Morgan fingerprint density at radius 2 is 2.00 bits per heavy atom. The third kappa shape index (κ3) is 6.06. The van der Waals surface area contributed by atoms with Crippen LogP contribution in [0.2, 0.25) is 0 Å². The van der Waals surface area contributed by atoms with Gasteiger partial charge in [-0.1, -0.05) is 13.3 Å². The summed E-state index contributed by atoms with van der Waals surface area (Å²) in [4.78, 5) is 21.7. The first kappa shape index (κ1) is 20.3. The molecule has 1 aromatic carbocycles. The van der Waals surface area contributed by atoms with E-state index in [2.05, 4.69) is 4.72 Å². The van der Waals surface area contributed by atoms with Crippen LogP contribution in [0.5, 0.6) is 0 Å². The van der Waals surface area contributed by atoms with Gasteiger partial charge < -0.3 is 4.74 Å². The SMILES string of the molecule is CCCCOC(=O)[C@@H](CCCl)NS(=O)(=O)c1ccc([N+](=O)[O-])cc1. The molecule has 0 amide bonds. The molecule has 1 atom stereocenters. The van der Waals surface area contributed by atoms with Gasteiger partial charge in [0.1, 0.15) is 6.04 Å². The van der Waals surface area contributed by atoms with Crippen molar-refractivity contribution in [2.75, 3.05) is 12.5 Å². The van der Waals surface area contributed by atoms with E-state index in [1.165, 1.54) is 0 Å². The van der Waals surface area contributed by atoms with Crippen LogP contribution in [0.4, 0.5) is 5.69 Å². The lowest BCUT2D eigenvalue weighted by atomic mass is 10.2. The molecule has 1 N–H and O–H groups in total. The normalized spacial score (nSPS) is 12.6. The maximum Gasteiger partial charge on any atom is 0.324 e. The number of esters is 1. The molecule has 8 nitrogen and oxygen atoms in total. The first-order valence-electron chi connectivity index (χ1n) is 7.31. The van der Waals surface area contributed by atoms with Crippen LogP contribution in [-0.2, 0) is 19.6 Å². The highest BCUT2D eigenvalue weighted by Gasteiger charge is 2.26. The molecule has 0 unspecified atom stereocenters. The average molecular weight is 379 g/mol. The van der Waals surface area contributed by atoms with Crippen molar-refractivity contribution in [1.29, 1.82) is 0 Å². The number of carbonyl (C=O) groups is 1. The van der Waals surface area contributed by atoms with Gasteiger partial charge in [-0.3, -0.25) is 14.9 Å². The zero-order chi connectivity index (χ0) is 18.2. The number of nitro benzene ring substituents is 1. The van der Waals surface area contributed by atoms with Gasteiger partial charge in [0.2, 0.25) is 10.0 Å². The van der Waals surface area contributed by atoms with Gasteiger partial charge in [0.05, 0.1) is 16.4 Å². The van der Waals surface area contributed by atoms with Crippen LogP contribution in [0.15, 0.2) is 29.2 Å². The summed E-state index contributed by atoms with van der Waals surface area (Å²) in [5.74, 6) is -0.634. The summed E-state index contributed by atoms with van der Waals surface area (Å²) >= 11 is 5.61. The fraction of sp³-hybridized carbons (Fsp3) is 0.500. The number of benzene rings is 1. The first-order valence-corrected chi connectivity index (χ1v) is 9.33. The second-order valence-electron chi connectivity index (χ2n) is 4.92. The number of rotatable bonds is 10. The maximum absolute atomic E-state index is 12.3. The molecular weight excluding hydrogens is 360 g/mol. The molecule has 0 radical (unpaired) electrons. The van der Waals surface area contributed by atoms with Crippen molar-refractivity contribution in [2.45, 2.75) is 37.1 Å². The Labute approximate surface area is 145 Å². The van der Waals surface area contributed by atoms with Gasteiger partial charge in [-0.2, -0.15) is 4.72 Å². The number of unbranched alkanes of at least 4 members (excludes halogenated alkanes) is 1. The lowest BCUT2D eigenvalue weighted by molar-refractivity contribution is -0.384. The molecule has 0 saturated heterocycles. The number of nitrogens with zero attached hydrogens (tertiary/aromatic N) is 1. The van der Waals surface area contributed by atoms with E-state index < -0.39 is 27.0 Å². The second kappa shape index (κ2) is 9.55. The Morgan fingerprint density at radius 3 is 2.50 bits per heavy atom. The van der Waals surface area contributed by atoms with Crippen LogP contribution < -0.4 is 4.72 Å². The molecule has 0 aliphatic heterocycles. The fourth-order valence-corrected chi connectivity index (χ4v) is 3.19. The Kier molecular flexibility index (Phi) is 8.09. The predicted octanol–water partition coefficient (Wildman–Crippen LogP) is 2.21. The number of hydrogen-bond donors (Lipinski definition) is 1. The molecule has 1 rings (SSSR count). The van der Waals surface area contributed by atoms with Crippen molar-refractivity contribution in [1.82, 2.24) is 4.72 Å². The monoisotopic (exact) mass is 378 g/mol. The van der Waals surface area contributed by atoms with Crippen LogP contribution in [0.25, 0.3) is 0 Å². The average Bonchev–Trinajstić information content (AvgIpc) is 2.54. The Bertz CT molecular complexity index is 662. The highest BCUT2D eigenvalue weighted by atomic mass is 35.5. The van der Waals surface area contributed by atoms with Gasteiger partial charge in [0.15, 0.2) is 0 Å². The van der Waals surface area contributed by atoms with Crippen molar-refractivity contribution in [3.05, 3.63) is 34.4 Å². The summed E-state index contributed by atoms with van der Waals surface area (Å²) < 4.78 is 31.8. The van der Waals surface area contributed by atoms with E-state index in [0.29, 0.717) is 6.42 Å². The molecule has 0 bridgehead atoms. The maximum atomic E-state index is 12.3. The summed E-state index contributed by atoms with van der Waals surface area (Å²) in [6.45, 7) is 2.13. The molecule has 10 heteroatoms. The van der Waals surface area contributed by atoms with Crippen LogP contribution in [0.3, 0.4) is 0 Å². The van der Waals surface area contributed by atoms with Gasteiger partial charge >= 0.3 is 5.97 Å². The van der Waals surface area contributed by atoms with Crippen LogP contribution >= 0.6 is 11.6 Å². The van der Waals surface area contributed by atoms with Crippen molar-refractivity contribution >= 4 is 33.3 Å². The molecule has 0 aromatic heterocycles. The largest absolute Gasteiger partial charge is 0.465 e. The third-order valence-electron chi connectivity index (χ3n) is 3.08. The van der Waals surface area contributed by atoms with Crippen molar-refractivity contribution in [3.63, 3.8) is 0 Å².